The molecule has 10 heteroatoms. The highest BCUT2D eigenvalue weighted by Gasteiger charge is 2.27. The van der Waals surface area contributed by atoms with Gasteiger partial charge in [0.05, 0.1) is 29.4 Å². The molecule has 1 aromatic rings. The summed E-state index contributed by atoms with van der Waals surface area (Å²) in [5.74, 6) is -0.562. The average Bonchev–Trinajstić information content (AvgIpc) is 2.44. The SMILES string of the molecule is N#Cc1c(I)c(C(=O)Cl)c(I)c(C(=O)NCC(O)CO)c1I. The predicted octanol–water partition coefficient (Wildman–Crippen LogP) is 1.83. The van der Waals surface area contributed by atoms with Gasteiger partial charge >= 0.3 is 0 Å². The van der Waals surface area contributed by atoms with Gasteiger partial charge in [-0.1, -0.05) is 0 Å². The number of amides is 1. The van der Waals surface area contributed by atoms with Gasteiger partial charge < -0.3 is 15.5 Å². The van der Waals surface area contributed by atoms with E-state index >= 15 is 0 Å². The smallest absolute Gasteiger partial charge is 0.254 e. The van der Waals surface area contributed by atoms with Crippen LogP contribution in [0.15, 0.2) is 0 Å². The first-order valence-corrected chi connectivity index (χ1v) is 9.25. The average molecular weight is 660 g/mol. The van der Waals surface area contributed by atoms with Gasteiger partial charge in [0.2, 0.25) is 0 Å². The molecule has 118 valence electrons. The van der Waals surface area contributed by atoms with E-state index in [-0.39, 0.29) is 23.2 Å². The largest absolute Gasteiger partial charge is 0.394 e. The van der Waals surface area contributed by atoms with Crippen molar-refractivity contribution in [3.63, 3.8) is 0 Å². The molecule has 0 aliphatic heterocycles. The van der Waals surface area contributed by atoms with E-state index in [4.69, 9.17) is 16.7 Å². The Kier molecular flexibility index (Phi) is 8.23. The normalized spacial score (nSPS) is 11.7. The molecule has 22 heavy (non-hydrogen) atoms. The number of aliphatic hydroxyl groups excluding tert-OH is 2. The maximum absolute atomic E-state index is 12.3. The van der Waals surface area contributed by atoms with Crippen LogP contribution in [0.3, 0.4) is 0 Å². The highest BCUT2D eigenvalue weighted by Crippen LogP contribution is 2.32. The zero-order valence-electron chi connectivity index (χ0n) is 10.7. The third-order valence-electron chi connectivity index (χ3n) is 2.56. The highest BCUT2D eigenvalue weighted by atomic mass is 127. The van der Waals surface area contributed by atoms with Crippen molar-refractivity contribution in [3.8, 4) is 6.07 Å². The van der Waals surface area contributed by atoms with Crippen LogP contribution in [0, 0.1) is 22.0 Å². The molecule has 0 bridgehead atoms. The van der Waals surface area contributed by atoms with Crippen molar-refractivity contribution in [1.82, 2.24) is 5.32 Å². The number of carbonyl (C=O) groups is 2. The molecule has 0 aliphatic carbocycles. The van der Waals surface area contributed by atoms with Gasteiger partial charge in [-0.3, -0.25) is 9.59 Å². The third kappa shape index (κ3) is 4.41. The second-order valence-corrected chi connectivity index (χ2v) is 7.58. The van der Waals surface area contributed by atoms with Gasteiger partial charge in [0.25, 0.3) is 11.1 Å². The van der Waals surface area contributed by atoms with Gasteiger partial charge in [-0.2, -0.15) is 5.26 Å². The summed E-state index contributed by atoms with van der Waals surface area (Å²) in [7, 11) is 0. The maximum atomic E-state index is 12.3. The first-order chi connectivity index (χ1) is 10.3. The lowest BCUT2D eigenvalue weighted by atomic mass is 10.1. The Morgan fingerprint density at radius 3 is 2.23 bits per heavy atom. The standard InChI is InChI=1S/C12H8ClI3N2O4/c13-11(21)6-8(14)5(1-17)9(15)7(10(6)16)12(22)18-2-4(20)3-19/h4,19-20H,2-3H2,(H,18,22). The van der Waals surface area contributed by atoms with Crippen LogP contribution in [0.2, 0.25) is 0 Å². The second-order valence-electron chi connectivity index (χ2n) is 4.00. The molecule has 0 aliphatic rings. The quantitative estimate of drug-likeness (QED) is 0.330. The lowest BCUT2D eigenvalue weighted by molar-refractivity contribution is 0.0800. The number of hydrogen-bond acceptors (Lipinski definition) is 5. The summed E-state index contributed by atoms with van der Waals surface area (Å²) in [6.45, 7) is -0.643. The fraction of sp³-hybridized carbons (Fsp3) is 0.250. The molecule has 6 nitrogen and oxygen atoms in total. The van der Waals surface area contributed by atoms with Crippen LogP contribution in [0.25, 0.3) is 0 Å². The number of nitriles is 1. The molecule has 0 saturated heterocycles. The van der Waals surface area contributed by atoms with Crippen LogP contribution in [0.4, 0.5) is 0 Å². The third-order valence-corrected chi connectivity index (χ3v) is 5.99. The highest BCUT2D eigenvalue weighted by molar-refractivity contribution is 14.1. The van der Waals surface area contributed by atoms with Crippen molar-refractivity contribution < 1.29 is 19.8 Å². The molecule has 1 amide bonds. The fourth-order valence-electron chi connectivity index (χ4n) is 1.50. The minimum atomic E-state index is -1.09. The second kappa shape index (κ2) is 8.92. The van der Waals surface area contributed by atoms with E-state index in [2.05, 4.69) is 5.32 Å². The van der Waals surface area contributed by atoms with E-state index < -0.39 is 23.9 Å². The van der Waals surface area contributed by atoms with Gasteiger partial charge in [-0.15, -0.1) is 0 Å². The Bertz CT molecular complexity index is 676. The number of nitrogens with zero attached hydrogens (tertiary/aromatic N) is 1. The Labute approximate surface area is 172 Å². The Balaban J connectivity index is 3.42. The van der Waals surface area contributed by atoms with Crippen molar-refractivity contribution in [2.45, 2.75) is 6.10 Å². The zero-order valence-corrected chi connectivity index (χ0v) is 17.9. The molecule has 1 rings (SSSR count). The Hall–Kier alpha value is 0.250. The lowest BCUT2D eigenvalue weighted by Crippen LogP contribution is -2.35. The van der Waals surface area contributed by atoms with Crippen LogP contribution >= 0.6 is 79.4 Å². The van der Waals surface area contributed by atoms with E-state index in [1.807, 2.05) is 73.8 Å². The van der Waals surface area contributed by atoms with E-state index in [1.54, 1.807) is 0 Å². The van der Waals surface area contributed by atoms with Gasteiger partial charge in [0.1, 0.15) is 6.07 Å². The van der Waals surface area contributed by atoms with Gasteiger partial charge in [-0.25, -0.2) is 0 Å². The minimum absolute atomic E-state index is 0.104. The molecular weight excluding hydrogens is 652 g/mol. The number of halogens is 4. The lowest BCUT2D eigenvalue weighted by Gasteiger charge is -2.15. The molecule has 0 radical (unpaired) electrons. The van der Waals surface area contributed by atoms with Crippen LogP contribution in [-0.2, 0) is 0 Å². The van der Waals surface area contributed by atoms with Crippen molar-refractivity contribution >= 4 is 90.5 Å². The summed E-state index contributed by atoms with van der Waals surface area (Å²) in [6, 6.07) is 1.96. The summed E-state index contributed by atoms with van der Waals surface area (Å²) in [5, 5.41) is 29.0. The summed E-state index contributed by atoms with van der Waals surface area (Å²) in [4.78, 5) is 23.9. The zero-order chi connectivity index (χ0) is 17.0. The monoisotopic (exact) mass is 660 g/mol. The molecule has 0 fully saturated rings. The number of aliphatic hydroxyl groups is 2. The Morgan fingerprint density at radius 1 is 1.23 bits per heavy atom. The van der Waals surface area contributed by atoms with Crippen molar-refractivity contribution in [3.05, 3.63) is 27.4 Å². The summed E-state index contributed by atoms with van der Waals surface area (Å²) in [5.41, 5.74) is 0.443. The van der Waals surface area contributed by atoms with Crippen LogP contribution in [0.1, 0.15) is 26.3 Å². The topological polar surface area (TPSA) is 110 Å². The minimum Gasteiger partial charge on any atom is -0.394 e. The van der Waals surface area contributed by atoms with Crippen molar-refractivity contribution in [2.75, 3.05) is 13.2 Å². The fourth-order valence-corrected chi connectivity index (χ4v) is 6.39. The number of nitrogens with one attached hydrogen (secondary N) is 1. The van der Waals surface area contributed by atoms with Crippen LogP contribution in [-0.4, -0.2) is 40.6 Å². The van der Waals surface area contributed by atoms with E-state index in [1.165, 1.54) is 0 Å². The number of rotatable bonds is 5. The Morgan fingerprint density at radius 2 is 1.77 bits per heavy atom. The molecule has 1 aromatic carbocycles. The predicted molar refractivity (Wildman–Crippen MR) is 105 cm³/mol. The molecule has 0 heterocycles. The van der Waals surface area contributed by atoms with Crippen LogP contribution in [0.5, 0.6) is 0 Å². The molecule has 0 aromatic heterocycles. The molecular formula is C12H8ClI3N2O4. The van der Waals surface area contributed by atoms with E-state index in [9.17, 15) is 20.0 Å². The molecule has 0 spiro atoms. The molecule has 3 N–H and O–H groups in total. The molecule has 1 unspecified atom stereocenters. The van der Waals surface area contributed by atoms with Crippen molar-refractivity contribution in [2.24, 2.45) is 0 Å². The van der Waals surface area contributed by atoms with Gasteiger partial charge in [-0.05, 0) is 79.4 Å². The van der Waals surface area contributed by atoms with E-state index in [0.717, 1.165) is 0 Å². The molecule has 1 atom stereocenters. The van der Waals surface area contributed by atoms with Gasteiger partial charge in [0, 0.05) is 17.3 Å². The first kappa shape index (κ1) is 20.3. The van der Waals surface area contributed by atoms with Crippen LogP contribution < -0.4 is 5.32 Å². The first-order valence-electron chi connectivity index (χ1n) is 5.63. The summed E-state index contributed by atoms with van der Waals surface area (Å²) >= 11 is 11.1. The summed E-state index contributed by atoms with van der Waals surface area (Å²) < 4.78 is 1.12. The molecule has 0 saturated carbocycles. The summed E-state index contributed by atoms with van der Waals surface area (Å²) in [6.07, 6.45) is -1.09. The van der Waals surface area contributed by atoms with Gasteiger partial charge in [0.15, 0.2) is 0 Å². The van der Waals surface area contributed by atoms with E-state index in [0.29, 0.717) is 10.7 Å². The number of carbonyl (C=O) groups excluding carboxylic acids is 2. The number of benzene rings is 1. The maximum Gasteiger partial charge on any atom is 0.254 e. The van der Waals surface area contributed by atoms with Crippen molar-refractivity contribution in [1.29, 1.82) is 5.26 Å². The number of hydrogen-bond donors (Lipinski definition) is 3.